The van der Waals surface area contributed by atoms with Crippen LogP contribution in [0.1, 0.15) is 43.5 Å². The van der Waals surface area contributed by atoms with E-state index in [1.807, 2.05) is 0 Å². The molecule has 1 fully saturated rings. The Balaban J connectivity index is 1.96. The lowest BCUT2D eigenvalue weighted by atomic mass is 10.1. The van der Waals surface area contributed by atoms with Gasteiger partial charge in [0.25, 0.3) is 5.91 Å². The van der Waals surface area contributed by atoms with Crippen molar-refractivity contribution in [2.75, 3.05) is 6.54 Å². The highest BCUT2D eigenvalue weighted by Gasteiger charge is 2.27. The zero-order valence-electron chi connectivity index (χ0n) is 12.4. The number of rotatable bonds is 7. The normalized spacial score (nSPS) is 15.2. The number of sulfonamides is 1. The lowest BCUT2D eigenvalue weighted by molar-refractivity contribution is 0.0952. The minimum atomic E-state index is -3.45. The molecule has 116 valence electrons. The largest absolute Gasteiger partial charge is 0.352 e. The van der Waals surface area contributed by atoms with Gasteiger partial charge in [-0.05, 0) is 49.4 Å². The van der Waals surface area contributed by atoms with E-state index < -0.39 is 10.0 Å². The molecule has 2 N–H and O–H groups in total. The maximum Gasteiger partial charge on any atom is 0.251 e. The van der Waals surface area contributed by atoms with E-state index in [2.05, 4.69) is 23.9 Å². The molecule has 1 aromatic rings. The Bertz CT molecular complexity index is 590. The summed E-state index contributed by atoms with van der Waals surface area (Å²) in [5.74, 6) is 0.362. The summed E-state index contributed by atoms with van der Waals surface area (Å²) in [6.07, 6.45) is 2.72. The van der Waals surface area contributed by atoms with Crippen LogP contribution in [0.15, 0.2) is 29.2 Å². The molecule has 0 aliphatic heterocycles. The number of hydrogen-bond donors (Lipinski definition) is 2. The van der Waals surface area contributed by atoms with Crippen molar-refractivity contribution < 1.29 is 13.2 Å². The van der Waals surface area contributed by atoms with E-state index >= 15 is 0 Å². The molecule has 2 rings (SSSR count). The van der Waals surface area contributed by atoms with Crippen molar-refractivity contribution in [3.63, 3.8) is 0 Å². The molecule has 0 aromatic heterocycles. The molecule has 0 unspecified atom stereocenters. The predicted molar refractivity (Wildman–Crippen MR) is 81.6 cm³/mol. The zero-order valence-corrected chi connectivity index (χ0v) is 13.2. The molecule has 1 amide bonds. The molecule has 1 aliphatic carbocycles. The van der Waals surface area contributed by atoms with Gasteiger partial charge in [0, 0.05) is 18.2 Å². The molecule has 0 atom stereocenters. The highest BCUT2D eigenvalue weighted by Crippen LogP contribution is 2.22. The Morgan fingerprint density at radius 1 is 1.24 bits per heavy atom. The fourth-order valence-electron chi connectivity index (χ4n) is 1.85. The Morgan fingerprint density at radius 2 is 1.86 bits per heavy atom. The standard InChI is InChI=1S/C15H22N2O3S/c1-11(2)9-10-16-15(18)12-3-7-14(8-4-12)21(19,20)17-13-5-6-13/h3-4,7-8,11,13,17H,5-6,9-10H2,1-2H3,(H,16,18). The van der Waals surface area contributed by atoms with Gasteiger partial charge in [0.05, 0.1) is 4.90 Å². The first kappa shape index (κ1) is 16.0. The summed E-state index contributed by atoms with van der Waals surface area (Å²) in [5, 5.41) is 2.83. The molecular formula is C15H22N2O3S. The van der Waals surface area contributed by atoms with Crippen LogP contribution in [-0.2, 0) is 10.0 Å². The molecular weight excluding hydrogens is 288 g/mol. The summed E-state index contributed by atoms with van der Waals surface area (Å²) in [4.78, 5) is 12.1. The third kappa shape index (κ3) is 4.82. The minimum Gasteiger partial charge on any atom is -0.352 e. The van der Waals surface area contributed by atoms with E-state index in [1.165, 1.54) is 12.1 Å². The number of amides is 1. The Kier molecular flexibility index (Phi) is 5.00. The van der Waals surface area contributed by atoms with Crippen LogP contribution < -0.4 is 10.0 Å². The molecule has 1 saturated carbocycles. The average molecular weight is 310 g/mol. The topological polar surface area (TPSA) is 75.3 Å². The average Bonchev–Trinajstić information content (AvgIpc) is 3.21. The smallest absolute Gasteiger partial charge is 0.251 e. The first-order chi connectivity index (χ1) is 9.88. The van der Waals surface area contributed by atoms with E-state index in [-0.39, 0.29) is 16.8 Å². The van der Waals surface area contributed by atoms with Crippen LogP contribution in [0.2, 0.25) is 0 Å². The third-order valence-corrected chi connectivity index (χ3v) is 4.87. The molecule has 1 aromatic carbocycles. The molecule has 0 heterocycles. The van der Waals surface area contributed by atoms with Crippen molar-refractivity contribution in [1.29, 1.82) is 0 Å². The molecule has 0 bridgehead atoms. The molecule has 1 aliphatic rings. The number of carbonyl (C=O) groups is 1. The maximum atomic E-state index is 12.0. The fourth-order valence-corrected chi connectivity index (χ4v) is 3.16. The Morgan fingerprint density at radius 3 is 2.38 bits per heavy atom. The summed E-state index contributed by atoms with van der Waals surface area (Å²) in [7, 11) is -3.45. The van der Waals surface area contributed by atoms with Gasteiger partial charge in [0.15, 0.2) is 0 Å². The van der Waals surface area contributed by atoms with Crippen LogP contribution in [-0.4, -0.2) is 26.9 Å². The van der Waals surface area contributed by atoms with Crippen molar-refractivity contribution in [2.24, 2.45) is 5.92 Å². The molecule has 0 saturated heterocycles. The monoisotopic (exact) mass is 310 g/mol. The van der Waals surface area contributed by atoms with E-state index in [9.17, 15) is 13.2 Å². The van der Waals surface area contributed by atoms with Gasteiger partial charge in [-0.15, -0.1) is 0 Å². The van der Waals surface area contributed by atoms with Crippen LogP contribution in [0.3, 0.4) is 0 Å². The zero-order chi connectivity index (χ0) is 15.5. The summed E-state index contributed by atoms with van der Waals surface area (Å²) >= 11 is 0. The van der Waals surface area contributed by atoms with Crippen LogP contribution >= 0.6 is 0 Å². The SMILES string of the molecule is CC(C)CCNC(=O)c1ccc(S(=O)(=O)NC2CC2)cc1. The van der Waals surface area contributed by atoms with Gasteiger partial charge in [0.2, 0.25) is 10.0 Å². The summed E-state index contributed by atoms with van der Waals surface area (Å²) in [6, 6.07) is 6.12. The number of hydrogen-bond acceptors (Lipinski definition) is 3. The molecule has 5 nitrogen and oxygen atoms in total. The Labute approximate surface area is 126 Å². The van der Waals surface area contributed by atoms with Gasteiger partial charge < -0.3 is 5.32 Å². The van der Waals surface area contributed by atoms with Gasteiger partial charge in [-0.3, -0.25) is 4.79 Å². The van der Waals surface area contributed by atoms with Gasteiger partial charge in [-0.1, -0.05) is 13.8 Å². The lowest BCUT2D eigenvalue weighted by Gasteiger charge is -2.08. The van der Waals surface area contributed by atoms with Gasteiger partial charge in [-0.25, -0.2) is 13.1 Å². The number of nitrogens with one attached hydrogen (secondary N) is 2. The summed E-state index contributed by atoms with van der Waals surface area (Å²) < 4.78 is 26.6. The second-order valence-corrected chi connectivity index (χ2v) is 7.57. The minimum absolute atomic E-state index is 0.0778. The van der Waals surface area contributed by atoms with Crippen molar-refractivity contribution in [3.05, 3.63) is 29.8 Å². The molecule has 6 heteroatoms. The second-order valence-electron chi connectivity index (χ2n) is 5.86. The molecule has 0 radical (unpaired) electrons. The van der Waals surface area contributed by atoms with Crippen molar-refractivity contribution in [2.45, 2.75) is 44.0 Å². The Hall–Kier alpha value is -1.40. The van der Waals surface area contributed by atoms with Gasteiger partial charge in [0.1, 0.15) is 0 Å². The highest BCUT2D eigenvalue weighted by atomic mass is 32.2. The first-order valence-corrected chi connectivity index (χ1v) is 8.77. The van der Waals surface area contributed by atoms with Gasteiger partial charge >= 0.3 is 0 Å². The number of carbonyl (C=O) groups excluding carboxylic acids is 1. The van der Waals surface area contributed by atoms with Crippen molar-refractivity contribution >= 4 is 15.9 Å². The van der Waals surface area contributed by atoms with Crippen molar-refractivity contribution in [3.8, 4) is 0 Å². The number of benzene rings is 1. The summed E-state index contributed by atoms with van der Waals surface area (Å²) in [6.45, 7) is 4.82. The van der Waals surface area contributed by atoms with E-state index in [0.717, 1.165) is 19.3 Å². The summed E-state index contributed by atoms with van der Waals surface area (Å²) in [5.41, 5.74) is 0.476. The highest BCUT2D eigenvalue weighted by molar-refractivity contribution is 7.89. The van der Waals surface area contributed by atoms with E-state index in [4.69, 9.17) is 0 Å². The lowest BCUT2D eigenvalue weighted by Crippen LogP contribution is -2.27. The molecule has 0 spiro atoms. The first-order valence-electron chi connectivity index (χ1n) is 7.29. The van der Waals surface area contributed by atoms with Crippen molar-refractivity contribution in [1.82, 2.24) is 10.0 Å². The van der Waals surface area contributed by atoms with Gasteiger partial charge in [-0.2, -0.15) is 0 Å². The van der Waals surface area contributed by atoms with Crippen LogP contribution in [0, 0.1) is 5.92 Å². The van der Waals surface area contributed by atoms with Crippen LogP contribution in [0.25, 0.3) is 0 Å². The second kappa shape index (κ2) is 6.58. The van der Waals surface area contributed by atoms with Crippen LogP contribution in [0.4, 0.5) is 0 Å². The van der Waals surface area contributed by atoms with E-state index in [1.54, 1.807) is 12.1 Å². The quantitative estimate of drug-likeness (QED) is 0.807. The maximum absolute atomic E-state index is 12.0. The third-order valence-electron chi connectivity index (χ3n) is 3.33. The van der Waals surface area contributed by atoms with Crippen LogP contribution in [0.5, 0.6) is 0 Å². The predicted octanol–water partition coefficient (Wildman–Crippen LogP) is 1.90. The fraction of sp³-hybridized carbons (Fsp3) is 0.533. The van der Waals surface area contributed by atoms with E-state index in [0.29, 0.717) is 18.0 Å². The molecule has 21 heavy (non-hydrogen) atoms.